The van der Waals surface area contributed by atoms with Gasteiger partial charge in [-0.25, -0.2) is 14.6 Å². The fourth-order valence-corrected chi connectivity index (χ4v) is 1.84. The van der Waals surface area contributed by atoms with Crippen LogP contribution in [0.5, 0.6) is 0 Å². The number of rotatable bonds is 8. The van der Waals surface area contributed by atoms with Gasteiger partial charge in [-0.1, -0.05) is 0 Å². The average molecular weight is 362 g/mol. The van der Waals surface area contributed by atoms with E-state index in [2.05, 4.69) is 4.99 Å². The van der Waals surface area contributed by atoms with E-state index in [9.17, 15) is 19.2 Å². The predicted molar refractivity (Wildman–Crippen MR) is 78.9 cm³/mol. The Hall–Kier alpha value is -3.09. The summed E-state index contributed by atoms with van der Waals surface area (Å²) in [4.78, 5) is 47.4. The van der Waals surface area contributed by atoms with Gasteiger partial charge in [-0.3, -0.25) is 9.59 Å². The third kappa shape index (κ3) is 7.83. The van der Waals surface area contributed by atoms with Crippen LogP contribution in [0.1, 0.15) is 6.42 Å². The molecule has 3 atom stereocenters. The van der Waals surface area contributed by atoms with E-state index >= 15 is 0 Å². The van der Waals surface area contributed by atoms with Crippen molar-refractivity contribution in [2.75, 3.05) is 19.7 Å². The lowest BCUT2D eigenvalue weighted by molar-refractivity contribution is -0.136. The number of amides is 2. The van der Waals surface area contributed by atoms with E-state index in [1.165, 1.54) is 0 Å². The van der Waals surface area contributed by atoms with Crippen molar-refractivity contribution in [3.8, 4) is 0 Å². The number of nitrogens with zero attached hydrogens (tertiary/aromatic N) is 1. The third-order valence-corrected chi connectivity index (χ3v) is 2.84. The Morgan fingerprint density at radius 3 is 2.32 bits per heavy atom. The highest BCUT2D eigenvalue weighted by Crippen LogP contribution is 2.24. The van der Waals surface area contributed by atoms with E-state index < -0.39 is 55.7 Å². The van der Waals surface area contributed by atoms with Gasteiger partial charge in [0.1, 0.15) is 31.9 Å². The van der Waals surface area contributed by atoms with Crippen LogP contribution in [0.4, 0.5) is 9.59 Å². The molecule has 1 heterocycles. The standard InChI is InChI=1S/C12H18N4O9/c13-5-16-8-1-6(25-12(22)15-3-10(19)20)7(24-8)4-23-11(21)14-2-9(17)18/h5-8H,1-4H2,(H2,13,16)(H,14,21)(H,15,22)(H,17,18)(H,19,20). The third-order valence-electron chi connectivity index (χ3n) is 2.84. The highest BCUT2D eigenvalue weighted by atomic mass is 16.6. The first-order valence-electron chi connectivity index (χ1n) is 6.99. The van der Waals surface area contributed by atoms with Crippen LogP contribution in [0.2, 0.25) is 0 Å². The highest BCUT2D eigenvalue weighted by molar-refractivity contribution is 5.77. The van der Waals surface area contributed by atoms with Crippen molar-refractivity contribution >= 4 is 30.5 Å². The lowest BCUT2D eigenvalue weighted by Gasteiger charge is -2.18. The summed E-state index contributed by atoms with van der Waals surface area (Å²) in [5, 5.41) is 20.9. The van der Waals surface area contributed by atoms with E-state index in [0.29, 0.717) is 0 Å². The Kier molecular flexibility index (Phi) is 7.92. The Bertz CT molecular complexity index is 539. The van der Waals surface area contributed by atoms with Crippen molar-refractivity contribution in [1.29, 1.82) is 0 Å². The second-order valence-corrected chi connectivity index (χ2v) is 4.70. The Balaban J connectivity index is 2.53. The number of nitrogens with two attached hydrogens (primary N) is 1. The summed E-state index contributed by atoms with van der Waals surface area (Å²) in [5.74, 6) is -2.50. The molecule has 25 heavy (non-hydrogen) atoms. The van der Waals surface area contributed by atoms with E-state index in [1.807, 2.05) is 10.6 Å². The van der Waals surface area contributed by atoms with Crippen LogP contribution < -0.4 is 16.4 Å². The summed E-state index contributed by atoms with van der Waals surface area (Å²) in [6, 6.07) is 0. The van der Waals surface area contributed by atoms with Crippen molar-refractivity contribution < 1.29 is 43.6 Å². The van der Waals surface area contributed by atoms with Crippen LogP contribution in [0, 0.1) is 0 Å². The van der Waals surface area contributed by atoms with E-state index in [1.54, 1.807) is 0 Å². The number of hydrogen-bond acceptors (Lipinski definition) is 8. The molecule has 2 amide bonds. The second-order valence-electron chi connectivity index (χ2n) is 4.70. The summed E-state index contributed by atoms with van der Waals surface area (Å²) < 4.78 is 15.2. The number of carboxylic acids is 2. The van der Waals surface area contributed by atoms with Gasteiger partial charge in [-0.05, 0) is 0 Å². The lowest BCUT2D eigenvalue weighted by Crippen LogP contribution is -2.38. The van der Waals surface area contributed by atoms with E-state index in [0.717, 1.165) is 6.34 Å². The summed E-state index contributed by atoms with van der Waals surface area (Å²) >= 11 is 0. The minimum Gasteiger partial charge on any atom is -0.480 e. The number of aliphatic carboxylic acids is 2. The largest absolute Gasteiger partial charge is 0.480 e. The first-order valence-corrected chi connectivity index (χ1v) is 6.99. The van der Waals surface area contributed by atoms with Crippen molar-refractivity contribution in [2.24, 2.45) is 10.7 Å². The zero-order valence-electron chi connectivity index (χ0n) is 12.9. The maximum Gasteiger partial charge on any atom is 0.408 e. The van der Waals surface area contributed by atoms with Crippen molar-refractivity contribution in [2.45, 2.75) is 24.9 Å². The Labute approximate surface area is 141 Å². The molecule has 0 aromatic rings. The summed E-state index contributed by atoms with van der Waals surface area (Å²) in [6.07, 6.45) is -3.39. The number of aliphatic imine (C=N–C) groups is 1. The number of alkyl carbamates (subject to hydrolysis) is 2. The molecule has 1 rings (SSSR count). The van der Waals surface area contributed by atoms with Crippen LogP contribution in [0.15, 0.2) is 4.99 Å². The van der Waals surface area contributed by atoms with Gasteiger partial charge in [-0.15, -0.1) is 0 Å². The first kappa shape index (κ1) is 20.0. The molecule has 0 radical (unpaired) electrons. The molecule has 1 saturated heterocycles. The molecule has 6 N–H and O–H groups in total. The summed E-state index contributed by atoms with van der Waals surface area (Å²) in [5.41, 5.74) is 5.16. The molecule has 1 fully saturated rings. The molecule has 0 spiro atoms. The molecule has 13 nitrogen and oxygen atoms in total. The predicted octanol–water partition coefficient (Wildman–Crippen LogP) is -1.92. The van der Waals surface area contributed by atoms with E-state index in [-0.39, 0.29) is 13.0 Å². The maximum atomic E-state index is 11.5. The number of hydrogen-bond donors (Lipinski definition) is 5. The van der Waals surface area contributed by atoms with Crippen LogP contribution in [0.25, 0.3) is 0 Å². The first-order chi connectivity index (χ1) is 11.8. The second kappa shape index (κ2) is 9.92. The molecule has 0 aromatic carbocycles. The van der Waals surface area contributed by atoms with Gasteiger partial charge >= 0.3 is 24.1 Å². The number of nitrogens with one attached hydrogen (secondary N) is 2. The molecule has 3 unspecified atom stereocenters. The normalized spacial score (nSPS) is 22.3. The molecular formula is C12H18N4O9. The van der Waals surface area contributed by atoms with Crippen molar-refractivity contribution in [3.63, 3.8) is 0 Å². The van der Waals surface area contributed by atoms with Gasteiger partial charge in [-0.2, -0.15) is 0 Å². The Morgan fingerprint density at radius 2 is 1.76 bits per heavy atom. The van der Waals surface area contributed by atoms with Gasteiger partial charge in [0.25, 0.3) is 0 Å². The molecule has 140 valence electrons. The average Bonchev–Trinajstić information content (AvgIpc) is 2.90. The van der Waals surface area contributed by atoms with Crippen molar-refractivity contribution in [1.82, 2.24) is 10.6 Å². The molecule has 0 bridgehead atoms. The fraction of sp³-hybridized carbons (Fsp3) is 0.583. The number of ether oxygens (including phenoxy) is 3. The SMILES string of the molecule is NC=NC1CC(OC(=O)NCC(=O)O)C(COC(=O)NCC(=O)O)O1. The number of carbonyl (C=O) groups excluding carboxylic acids is 2. The molecule has 0 saturated carbocycles. The monoisotopic (exact) mass is 362 g/mol. The van der Waals surface area contributed by atoms with Gasteiger partial charge in [0.15, 0.2) is 6.23 Å². The summed E-state index contributed by atoms with van der Waals surface area (Å²) in [6.45, 7) is -1.60. The number of carbonyl (C=O) groups is 4. The quantitative estimate of drug-likeness (QED) is 0.239. The molecular weight excluding hydrogens is 344 g/mol. The molecule has 1 aliphatic heterocycles. The maximum absolute atomic E-state index is 11.5. The van der Waals surface area contributed by atoms with Gasteiger partial charge in [0.05, 0.1) is 6.34 Å². The van der Waals surface area contributed by atoms with Gasteiger partial charge in [0, 0.05) is 6.42 Å². The minimum absolute atomic E-state index is 0.110. The molecule has 13 heteroatoms. The molecule has 1 aliphatic rings. The Morgan fingerprint density at radius 1 is 1.16 bits per heavy atom. The smallest absolute Gasteiger partial charge is 0.408 e. The molecule has 0 aliphatic carbocycles. The number of carboxylic acid groups (broad SMARTS) is 2. The molecule has 0 aromatic heterocycles. The minimum atomic E-state index is -1.25. The highest BCUT2D eigenvalue weighted by Gasteiger charge is 2.38. The van der Waals surface area contributed by atoms with Gasteiger partial charge in [0.2, 0.25) is 0 Å². The summed E-state index contributed by atoms with van der Waals surface area (Å²) in [7, 11) is 0. The zero-order chi connectivity index (χ0) is 18.8. The van der Waals surface area contributed by atoms with Crippen molar-refractivity contribution in [3.05, 3.63) is 0 Å². The zero-order valence-corrected chi connectivity index (χ0v) is 12.9. The van der Waals surface area contributed by atoms with Crippen LogP contribution >= 0.6 is 0 Å². The lowest BCUT2D eigenvalue weighted by atomic mass is 10.2. The van der Waals surface area contributed by atoms with Gasteiger partial charge < -0.3 is 40.8 Å². The fourth-order valence-electron chi connectivity index (χ4n) is 1.84. The van der Waals surface area contributed by atoms with Crippen LogP contribution in [0.3, 0.4) is 0 Å². The van der Waals surface area contributed by atoms with E-state index in [4.69, 9.17) is 30.2 Å². The van der Waals surface area contributed by atoms with Crippen LogP contribution in [-0.2, 0) is 23.8 Å². The topological polar surface area (TPSA) is 199 Å². The van der Waals surface area contributed by atoms with Crippen LogP contribution in [-0.4, -0.2) is 78.8 Å².